The SMILES string of the molecule is c1ccc(C2=NC(c3ccccc3)NC(c3ccc4oc5cccc(-c6ccc7sc8cc(-n9c%10ccccc%10c%10ccccc%109)ccc8c7c6)c5c4c3)N2)cc1. The lowest BCUT2D eigenvalue weighted by atomic mass is 9.97. The lowest BCUT2D eigenvalue weighted by molar-refractivity contribution is 0.409. The number of hydrogen-bond acceptors (Lipinski definition) is 5. The molecule has 2 unspecified atom stereocenters. The van der Waals surface area contributed by atoms with Gasteiger partial charge in [0.25, 0.3) is 0 Å². The fourth-order valence-electron chi connectivity index (χ4n) is 8.82. The molecular formula is C51H34N4OS. The molecule has 0 aliphatic carbocycles. The summed E-state index contributed by atoms with van der Waals surface area (Å²) in [7, 11) is 0. The number of fused-ring (bicyclic) bond motifs is 9. The molecule has 0 bridgehead atoms. The normalized spacial score (nSPS) is 15.9. The lowest BCUT2D eigenvalue weighted by Crippen LogP contribution is -2.44. The van der Waals surface area contributed by atoms with Gasteiger partial charge in [-0.15, -0.1) is 11.3 Å². The van der Waals surface area contributed by atoms with Crippen molar-refractivity contribution in [3.05, 3.63) is 199 Å². The summed E-state index contributed by atoms with van der Waals surface area (Å²) in [6.45, 7) is 0. The van der Waals surface area contributed by atoms with Crippen LogP contribution in [0.1, 0.15) is 29.0 Å². The number of hydrogen-bond donors (Lipinski definition) is 2. The second kappa shape index (κ2) is 12.8. The van der Waals surface area contributed by atoms with Gasteiger partial charge in [0.1, 0.15) is 29.3 Å². The molecular weight excluding hydrogens is 717 g/mol. The van der Waals surface area contributed by atoms with Crippen LogP contribution in [0.4, 0.5) is 0 Å². The molecule has 6 heteroatoms. The van der Waals surface area contributed by atoms with Crippen molar-refractivity contribution in [3.63, 3.8) is 0 Å². The first-order chi connectivity index (χ1) is 28.2. The number of amidine groups is 1. The molecule has 270 valence electrons. The van der Waals surface area contributed by atoms with E-state index < -0.39 is 0 Å². The number of para-hydroxylation sites is 2. The molecule has 1 aliphatic rings. The summed E-state index contributed by atoms with van der Waals surface area (Å²) >= 11 is 1.85. The summed E-state index contributed by atoms with van der Waals surface area (Å²) < 4.78 is 11.5. The lowest BCUT2D eigenvalue weighted by Gasteiger charge is -2.32. The summed E-state index contributed by atoms with van der Waals surface area (Å²) in [5.74, 6) is 0.865. The third kappa shape index (κ3) is 5.22. The average Bonchev–Trinajstić information content (AvgIpc) is 3.95. The highest BCUT2D eigenvalue weighted by Gasteiger charge is 2.26. The third-order valence-corrected chi connectivity index (χ3v) is 12.6. The topological polar surface area (TPSA) is 54.5 Å². The molecule has 5 nitrogen and oxygen atoms in total. The predicted octanol–water partition coefficient (Wildman–Crippen LogP) is 13.1. The van der Waals surface area contributed by atoms with E-state index in [0.29, 0.717) is 0 Å². The first kappa shape index (κ1) is 32.3. The monoisotopic (exact) mass is 750 g/mol. The van der Waals surface area contributed by atoms with Gasteiger partial charge in [-0.05, 0) is 76.9 Å². The highest BCUT2D eigenvalue weighted by Crippen LogP contribution is 2.42. The maximum atomic E-state index is 6.53. The van der Waals surface area contributed by atoms with Crippen LogP contribution in [0.2, 0.25) is 0 Å². The van der Waals surface area contributed by atoms with Crippen LogP contribution in [0.25, 0.3) is 80.7 Å². The van der Waals surface area contributed by atoms with Crippen LogP contribution in [0, 0.1) is 0 Å². The van der Waals surface area contributed by atoms with Gasteiger partial charge in [0.2, 0.25) is 0 Å². The van der Waals surface area contributed by atoms with E-state index >= 15 is 0 Å². The fraction of sp³-hybridized carbons (Fsp3) is 0.0392. The molecule has 0 saturated carbocycles. The average molecular weight is 751 g/mol. The Hall–Kier alpha value is -6.99. The summed E-state index contributed by atoms with van der Waals surface area (Å²) in [4.78, 5) is 5.11. The maximum absolute atomic E-state index is 6.53. The predicted molar refractivity (Wildman–Crippen MR) is 238 cm³/mol. The number of benzene rings is 8. The molecule has 4 heterocycles. The smallest absolute Gasteiger partial charge is 0.136 e. The summed E-state index contributed by atoms with van der Waals surface area (Å²) in [6.07, 6.45) is -0.379. The van der Waals surface area contributed by atoms with Crippen LogP contribution in [-0.4, -0.2) is 10.4 Å². The first-order valence-corrected chi connectivity index (χ1v) is 20.2. The van der Waals surface area contributed by atoms with E-state index in [4.69, 9.17) is 9.41 Å². The van der Waals surface area contributed by atoms with Gasteiger partial charge in [0.05, 0.1) is 11.0 Å². The van der Waals surface area contributed by atoms with Gasteiger partial charge < -0.3 is 14.3 Å². The molecule has 3 aromatic heterocycles. The standard InChI is InChI=1S/C51H34N4OS/c1-3-12-31(13-4-1)49-52-50(32-14-5-2-6-15-32)54-51(53-49)34-22-26-44-41(29-34)48-36(18-11-21-45(48)56-44)33-23-27-46-40(28-33)39-25-24-35(30-47(39)57-46)55-42-19-9-7-16-37(42)38-17-8-10-20-43(38)55/h1-30,49,51,53H,(H,52,54). The Morgan fingerprint density at radius 2 is 1.26 bits per heavy atom. The minimum absolute atomic E-state index is 0.176. The van der Waals surface area contributed by atoms with E-state index in [1.165, 1.54) is 53.2 Å². The second-order valence-corrected chi connectivity index (χ2v) is 15.9. The molecule has 2 atom stereocenters. The minimum atomic E-state index is -0.203. The van der Waals surface area contributed by atoms with E-state index in [1.807, 2.05) is 23.5 Å². The van der Waals surface area contributed by atoms with Gasteiger partial charge in [-0.1, -0.05) is 127 Å². The Bertz CT molecular complexity index is 3320. The molecule has 11 aromatic rings. The number of nitrogens with one attached hydrogen (secondary N) is 2. The van der Waals surface area contributed by atoms with Crippen LogP contribution in [-0.2, 0) is 0 Å². The number of furan rings is 1. The first-order valence-electron chi connectivity index (χ1n) is 19.3. The number of aliphatic imine (C=N–C) groups is 1. The zero-order valence-electron chi connectivity index (χ0n) is 30.7. The quantitative estimate of drug-likeness (QED) is 0.184. The van der Waals surface area contributed by atoms with E-state index in [2.05, 4.69) is 185 Å². The Labute approximate surface area is 332 Å². The van der Waals surface area contributed by atoms with E-state index in [-0.39, 0.29) is 12.3 Å². The second-order valence-electron chi connectivity index (χ2n) is 14.8. The minimum Gasteiger partial charge on any atom is -0.456 e. The van der Waals surface area contributed by atoms with Gasteiger partial charge in [-0.25, -0.2) is 4.99 Å². The Morgan fingerprint density at radius 3 is 2.07 bits per heavy atom. The molecule has 12 rings (SSSR count). The van der Waals surface area contributed by atoms with Crippen molar-refractivity contribution in [2.24, 2.45) is 4.99 Å². The molecule has 1 aliphatic heterocycles. The number of nitrogens with zero attached hydrogens (tertiary/aromatic N) is 2. The Balaban J connectivity index is 0.956. The van der Waals surface area contributed by atoms with Gasteiger partial charge in [-0.3, -0.25) is 5.32 Å². The molecule has 0 saturated heterocycles. The van der Waals surface area contributed by atoms with Crippen LogP contribution in [0.3, 0.4) is 0 Å². The Kier molecular flexibility index (Phi) is 7.24. The molecule has 57 heavy (non-hydrogen) atoms. The van der Waals surface area contributed by atoms with E-state index in [0.717, 1.165) is 50.0 Å². The van der Waals surface area contributed by atoms with Crippen LogP contribution in [0.15, 0.2) is 191 Å². The Morgan fingerprint density at radius 1 is 0.509 bits per heavy atom. The zero-order chi connectivity index (χ0) is 37.5. The highest BCUT2D eigenvalue weighted by molar-refractivity contribution is 7.25. The molecule has 0 fully saturated rings. The van der Waals surface area contributed by atoms with Crippen molar-refractivity contribution in [2.45, 2.75) is 12.3 Å². The van der Waals surface area contributed by atoms with Gasteiger partial charge in [0, 0.05) is 53.0 Å². The van der Waals surface area contributed by atoms with Crippen molar-refractivity contribution in [2.75, 3.05) is 0 Å². The van der Waals surface area contributed by atoms with Crippen LogP contribution >= 0.6 is 11.3 Å². The number of rotatable bonds is 5. The largest absolute Gasteiger partial charge is 0.456 e. The van der Waals surface area contributed by atoms with Crippen molar-refractivity contribution < 1.29 is 4.42 Å². The van der Waals surface area contributed by atoms with Crippen LogP contribution < -0.4 is 10.6 Å². The molecule has 0 spiro atoms. The summed E-state index contributed by atoms with van der Waals surface area (Å²) in [5.41, 5.74) is 11.0. The molecule has 2 N–H and O–H groups in total. The van der Waals surface area contributed by atoms with Crippen molar-refractivity contribution in [3.8, 4) is 16.8 Å². The van der Waals surface area contributed by atoms with E-state index in [1.54, 1.807) is 0 Å². The molecule has 0 radical (unpaired) electrons. The van der Waals surface area contributed by atoms with Gasteiger partial charge in [-0.2, -0.15) is 0 Å². The van der Waals surface area contributed by atoms with Gasteiger partial charge in [0.15, 0.2) is 0 Å². The molecule has 8 aromatic carbocycles. The van der Waals surface area contributed by atoms with Crippen molar-refractivity contribution >= 4 is 81.1 Å². The number of thiophene rings is 1. The van der Waals surface area contributed by atoms with Crippen molar-refractivity contribution in [1.82, 2.24) is 15.2 Å². The highest BCUT2D eigenvalue weighted by atomic mass is 32.1. The molecule has 0 amide bonds. The van der Waals surface area contributed by atoms with Crippen molar-refractivity contribution in [1.29, 1.82) is 0 Å². The van der Waals surface area contributed by atoms with E-state index in [9.17, 15) is 0 Å². The van der Waals surface area contributed by atoms with Crippen LogP contribution in [0.5, 0.6) is 0 Å². The summed E-state index contributed by atoms with van der Waals surface area (Å²) in [6, 6.07) is 65.0. The summed E-state index contributed by atoms with van der Waals surface area (Å²) in [5, 5.41) is 14.8. The third-order valence-electron chi connectivity index (χ3n) is 11.5. The fourth-order valence-corrected chi connectivity index (χ4v) is 9.94. The number of aromatic nitrogens is 1. The van der Waals surface area contributed by atoms with Gasteiger partial charge >= 0.3 is 0 Å². The zero-order valence-corrected chi connectivity index (χ0v) is 31.5. The maximum Gasteiger partial charge on any atom is 0.136 e.